The van der Waals surface area contributed by atoms with Gasteiger partial charge in [-0.05, 0) is 42.8 Å². The second-order valence-corrected chi connectivity index (χ2v) is 7.26. The third-order valence-electron chi connectivity index (χ3n) is 3.67. The van der Waals surface area contributed by atoms with Crippen molar-refractivity contribution in [2.75, 3.05) is 14.2 Å². The minimum Gasteiger partial charge on any atom is -0.497 e. The van der Waals surface area contributed by atoms with Crippen LogP contribution in [0.4, 0.5) is 4.39 Å². The van der Waals surface area contributed by atoms with Gasteiger partial charge in [-0.15, -0.1) is 0 Å². The van der Waals surface area contributed by atoms with Crippen molar-refractivity contribution >= 4 is 21.5 Å². The third-order valence-corrected chi connectivity index (χ3v) is 5.44. The van der Waals surface area contributed by atoms with Crippen molar-refractivity contribution in [3.63, 3.8) is 0 Å². The summed E-state index contributed by atoms with van der Waals surface area (Å²) < 4.78 is 44.4. The van der Waals surface area contributed by atoms with Crippen LogP contribution in [0, 0.1) is 5.82 Å². The Balaban J connectivity index is 2.29. The molecule has 2 aromatic carbocycles. The number of carbonyl (C=O) groups is 1. The highest BCUT2D eigenvalue weighted by atomic mass is 32.2. The predicted octanol–water partition coefficient (Wildman–Crippen LogP) is 3.08. The fraction of sp³-hybridized carbons (Fsp3) is 0.167. The molecule has 0 spiro atoms. The van der Waals surface area contributed by atoms with E-state index in [0.29, 0.717) is 15.6 Å². The van der Waals surface area contributed by atoms with E-state index in [1.54, 1.807) is 13.0 Å². The molecule has 0 bridgehead atoms. The molecule has 5 nitrogen and oxygen atoms in total. The highest BCUT2D eigenvalue weighted by Crippen LogP contribution is 2.21. The van der Waals surface area contributed by atoms with Crippen molar-refractivity contribution in [1.82, 2.24) is 4.31 Å². The van der Waals surface area contributed by atoms with Crippen molar-refractivity contribution in [2.45, 2.75) is 11.8 Å². The quantitative estimate of drug-likeness (QED) is 0.766. The normalized spacial score (nSPS) is 11.9. The fourth-order valence-corrected chi connectivity index (χ4v) is 3.24. The van der Waals surface area contributed by atoms with Crippen molar-refractivity contribution in [2.24, 2.45) is 0 Å². The molecule has 2 rings (SSSR count). The minimum atomic E-state index is -4.01. The van der Waals surface area contributed by atoms with E-state index in [4.69, 9.17) is 4.74 Å². The maximum Gasteiger partial charge on any atom is 0.266 e. The van der Waals surface area contributed by atoms with Crippen LogP contribution < -0.4 is 4.74 Å². The summed E-state index contributed by atoms with van der Waals surface area (Å²) in [5.74, 6) is -0.746. The molecule has 0 atom stereocenters. The van der Waals surface area contributed by atoms with Gasteiger partial charge in [-0.3, -0.25) is 4.79 Å². The van der Waals surface area contributed by atoms with Crippen molar-refractivity contribution in [3.8, 4) is 5.75 Å². The molecule has 0 N–H and O–H groups in total. The monoisotopic (exact) mass is 363 g/mol. The zero-order chi connectivity index (χ0) is 18.6. The Bertz CT molecular complexity index is 905. The lowest BCUT2D eigenvalue weighted by molar-refractivity contribution is -0.120. The molecule has 0 saturated carbocycles. The molecule has 0 heterocycles. The number of rotatable bonds is 5. The summed E-state index contributed by atoms with van der Waals surface area (Å²) in [6.45, 7) is 1.55. The minimum absolute atomic E-state index is 0.0407. The molecule has 0 fully saturated rings. The summed E-state index contributed by atoms with van der Waals surface area (Å²) >= 11 is 0. The number of hydrogen-bond acceptors (Lipinski definition) is 4. The van der Waals surface area contributed by atoms with Gasteiger partial charge in [0.1, 0.15) is 11.6 Å². The Morgan fingerprint density at radius 2 is 1.72 bits per heavy atom. The van der Waals surface area contributed by atoms with E-state index in [1.165, 1.54) is 49.6 Å². The first-order valence-electron chi connectivity index (χ1n) is 7.37. The van der Waals surface area contributed by atoms with Crippen LogP contribution in [-0.2, 0) is 14.8 Å². The molecule has 1 amide bonds. The summed E-state index contributed by atoms with van der Waals surface area (Å²) in [4.78, 5) is 12.3. The number of halogens is 1. The van der Waals surface area contributed by atoms with Gasteiger partial charge in [0, 0.05) is 18.7 Å². The molecule has 25 heavy (non-hydrogen) atoms. The average Bonchev–Trinajstić information content (AvgIpc) is 2.61. The second-order valence-electron chi connectivity index (χ2n) is 5.29. The lowest BCUT2D eigenvalue weighted by atomic mass is 10.1. The molecule has 0 unspecified atom stereocenters. The highest BCUT2D eigenvalue weighted by Gasteiger charge is 2.24. The Morgan fingerprint density at radius 3 is 2.28 bits per heavy atom. The molecule has 2 aromatic rings. The zero-order valence-electron chi connectivity index (χ0n) is 14.1. The molecule has 0 aliphatic heterocycles. The van der Waals surface area contributed by atoms with Gasteiger partial charge in [0.15, 0.2) is 0 Å². The van der Waals surface area contributed by atoms with Crippen molar-refractivity contribution in [3.05, 3.63) is 66.0 Å². The van der Waals surface area contributed by atoms with Gasteiger partial charge < -0.3 is 4.74 Å². The smallest absolute Gasteiger partial charge is 0.266 e. The molecule has 132 valence electrons. The lowest BCUT2D eigenvalue weighted by Gasteiger charge is -2.16. The Labute approximate surface area is 146 Å². The van der Waals surface area contributed by atoms with Crippen LogP contribution in [0.1, 0.15) is 12.5 Å². The van der Waals surface area contributed by atoms with Gasteiger partial charge in [0.05, 0.1) is 12.0 Å². The number of likely N-dealkylation sites (N-methyl/N-ethyl adjacent to an activating group) is 1. The number of benzene rings is 2. The van der Waals surface area contributed by atoms with E-state index in [-0.39, 0.29) is 10.5 Å². The van der Waals surface area contributed by atoms with E-state index in [1.807, 2.05) is 0 Å². The van der Waals surface area contributed by atoms with Crippen LogP contribution in [0.25, 0.3) is 5.57 Å². The standard InChI is InChI=1S/C18H18FNO4S/c1-13(16-6-4-5-7-17(16)19)12-18(21)20(2)25(22,23)15-10-8-14(24-3)9-11-15/h4-12H,1-3H3. The first kappa shape index (κ1) is 18.7. The first-order chi connectivity index (χ1) is 11.8. The van der Waals surface area contributed by atoms with E-state index in [0.717, 1.165) is 13.1 Å². The number of methoxy groups -OCH3 is 1. The topological polar surface area (TPSA) is 63.7 Å². The third kappa shape index (κ3) is 4.06. The summed E-state index contributed by atoms with van der Waals surface area (Å²) in [6, 6.07) is 11.7. The Kier molecular flexibility index (Phi) is 5.58. The van der Waals surface area contributed by atoms with E-state index in [2.05, 4.69) is 0 Å². The predicted molar refractivity (Wildman–Crippen MR) is 93.0 cm³/mol. The number of carbonyl (C=O) groups excluding carboxylic acids is 1. The lowest BCUT2D eigenvalue weighted by Crippen LogP contribution is -2.32. The average molecular weight is 363 g/mol. The molecule has 0 saturated heterocycles. The van der Waals surface area contributed by atoms with E-state index in [9.17, 15) is 17.6 Å². The number of hydrogen-bond donors (Lipinski definition) is 0. The fourth-order valence-electron chi connectivity index (χ4n) is 2.16. The first-order valence-corrected chi connectivity index (χ1v) is 8.81. The number of allylic oxidation sites excluding steroid dienone is 1. The Hall–Kier alpha value is -2.67. The van der Waals surface area contributed by atoms with Gasteiger partial charge in [-0.2, -0.15) is 0 Å². The van der Waals surface area contributed by atoms with Crippen LogP contribution in [0.15, 0.2) is 59.5 Å². The molecular weight excluding hydrogens is 345 g/mol. The maximum absolute atomic E-state index is 13.8. The molecular formula is C18H18FNO4S. The van der Waals surface area contributed by atoms with Gasteiger partial charge in [0.2, 0.25) is 0 Å². The number of nitrogens with zero attached hydrogens (tertiary/aromatic N) is 1. The molecule has 7 heteroatoms. The zero-order valence-corrected chi connectivity index (χ0v) is 14.9. The van der Waals surface area contributed by atoms with Crippen molar-refractivity contribution < 1.29 is 22.3 Å². The van der Waals surface area contributed by atoms with E-state index < -0.39 is 21.7 Å². The van der Waals surface area contributed by atoms with Gasteiger partial charge in [0.25, 0.3) is 15.9 Å². The SMILES string of the molecule is COc1ccc(S(=O)(=O)N(C)C(=O)C=C(C)c2ccccc2F)cc1. The highest BCUT2D eigenvalue weighted by molar-refractivity contribution is 7.89. The van der Waals surface area contributed by atoms with Crippen molar-refractivity contribution in [1.29, 1.82) is 0 Å². The number of ether oxygens (including phenoxy) is 1. The molecule has 0 aliphatic carbocycles. The van der Waals surface area contributed by atoms with Gasteiger partial charge in [-0.1, -0.05) is 18.2 Å². The van der Waals surface area contributed by atoms with E-state index >= 15 is 0 Å². The van der Waals surface area contributed by atoms with Crippen LogP contribution in [0.3, 0.4) is 0 Å². The Morgan fingerprint density at radius 1 is 1.12 bits per heavy atom. The summed E-state index contributed by atoms with van der Waals surface area (Å²) in [5, 5.41) is 0. The van der Waals surface area contributed by atoms with Crippen LogP contribution in [0.2, 0.25) is 0 Å². The van der Waals surface area contributed by atoms with Crippen LogP contribution >= 0.6 is 0 Å². The second kappa shape index (κ2) is 7.48. The summed E-state index contributed by atoms with van der Waals surface area (Å²) in [6.07, 6.45) is 1.10. The number of amides is 1. The summed E-state index contributed by atoms with van der Waals surface area (Å²) in [5.41, 5.74) is 0.575. The van der Waals surface area contributed by atoms with Crippen LogP contribution in [-0.4, -0.2) is 32.8 Å². The maximum atomic E-state index is 13.8. The number of sulfonamides is 1. The summed E-state index contributed by atoms with van der Waals surface area (Å²) in [7, 11) is -1.38. The molecule has 0 radical (unpaired) electrons. The van der Waals surface area contributed by atoms with Gasteiger partial charge >= 0.3 is 0 Å². The largest absolute Gasteiger partial charge is 0.497 e. The van der Waals surface area contributed by atoms with Gasteiger partial charge in [-0.25, -0.2) is 17.1 Å². The molecule has 0 aliphatic rings. The van der Waals surface area contributed by atoms with Crippen LogP contribution in [0.5, 0.6) is 5.75 Å². The molecule has 0 aromatic heterocycles.